The second-order valence-corrected chi connectivity index (χ2v) is 8.85. The summed E-state index contributed by atoms with van der Waals surface area (Å²) in [5.41, 5.74) is 5.12. The van der Waals surface area contributed by atoms with E-state index in [0.29, 0.717) is 31.0 Å². The summed E-state index contributed by atoms with van der Waals surface area (Å²) >= 11 is 0. The van der Waals surface area contributed by atoms with Gasteiger partial charge in [0.2, 0.25) is 0 Å². The molecule has 10 heteroatoms. The molecule has 1 fully saturated rings. The van der Waals surface area contributed by atoms with Crippen LogP contribution in [-0.4, -0.2) is 71.2 Å². The number of hydrogen-bond donors (Lipinski definition) is 0. The topological polar surface area (TPSA) is 77.8 Å². The minimum absolute atomic E-state index is 0.364. The van der Waals surface area contributed by atoms with E-state index in [2.05, 4.69) is 24.8 Å². The molecule has 9 nitrogen and oxygen atoms in total. The number of fused-ring (bicyclic) bond motifs is 1. The van der Waals surface area contributed by atoms with E-state index in [1.54, 1.807) is 31.3 Å². The van der Waals surface area contributed by atoms with Crippen LogP contribution in [0.15, 0.2) is 55.0 Å². The van der Waals surface area contributed by atoms with Gasteiger partial charge in [0.05, 0.1) is 43.3 Å². The van der Waals surface area contributed by atoms with Crippen molar-refractivity contribution >= 4 is 22.4 Å². The first-order chi connectivity index (χ1) is 17.6. The highest BCUT2D eigenvalue weighted by Gasteiger charge is 2.24. The number of likely N-dealkylation sites (tertiary alicyclic amines) is 1. The average Bonchev–Trinajstić information content (AvgIpc) is 3.57. The molecule has 36 heavy (non-hydrogen) atoms. The van der Waals surface area contributed by atoms with Crippen molar-refractivity contribution < 1.29 is 18.9 Å². The van der Waals surface area contributed by atoms with Gasteiger partial charge in [-0.3, -0.25) is 14.6 Å². The number of hydrogen-bond acceptors (Lipinski definition) is 8. The third kappa shape index (κ3) is 5.09. The molecule has 0 amide bonds. The summed E-state index contributed by atoms with van der Waals surface area (Å²) < 4.78 is 25.5. The van der Waals surface area contributed by atoms with Crippen molar-refractivity contribution in [2.45, 2.75) is 12.5 Å². The molecule has 1 aliphatic rings. The largest absolute Gasteiger partial charge is 0.497 e. The first-order valence-electron chi connectivity index (χ1n) is 11.8. The van der Waals surface area contributed by atoms with Gasteiger partial charge < -0.3 is 14.4 Å². The van der Waals surface area contributed by atoms with Crippen LogP contribution in [0.2, 0.25) is 0 Å². The Bertz CT molecular complexity index is 1320. The van der Waals surface area contributed by atoms with Crippen LogP contribution in [-0.2, 0) is 12.0 Å². The highest BCUT2D eigenvalue weighted by atomic mass is 19.3. The predicted octanol–water partition coefficient (Wildman–Crippen LogP) is 4.16. The smallest absolute Gasteiger partial charge is 0.124 e. The minimum atomic E-state index is -0.364. The Balaban J connectivity index is 1.51. The monoisotopic (exact) mass is 492 g/mol. The molecule has 0 radical (unpaired) electrons. The van der Waals surface area contributed by atoms with Gasteiger partial charge >= 0.3 is 0 Å². The van der Waals surface area contributed by atoms with Crippen molar-refractivity contribution in [2.24, 2.45) is 7.05 Å². The van der Waals surface area contributed by atoms with Gasteiger partial charge in [-0.05, 0) is 29.1 Å². The summed E-state index contributed by atoms with van der Waals surface area (Å²) in [6.07, 6.45) is 5.78. The molecule has 188 valence electrons. The zero-order valence-corrected chi connectivity index (χ0v) is 20.6. The Morgan fingerprint density at radius 3 is 2.50 bits per heavy atom. The lowest BCUT2D eigenvalue weighted by atomic mass is 10.2. The van der Waals surface area contributed by atoms with Crippen molar-refractivity contribution in [3.63, 3.8) is 0 Å². The number of nitrogens with zero attached hydrogens (tertiary/aromatic N) is 6. The number of benzene rings is 2. The third-order valence-electron chi connectivity index (χ3n) is 6.48. The van der Waals surface area contributed by atoms with Gasteiger partial charge in [-0.15, -0.1) is 0 Å². The lowest BCUT2D eigenvalue weighted by Gasteiger charge is -2.28. The summed E-state index contributed by atoms with van der Waals surface area (Å²) in [6, 6.07) is 11.8. The van der Waals surface area contributed by atoms with Crippen LogP contribution in [0.25, 0.3) is 22.3 Å². The van der Waals surface area contributed by atoms with Crippen molar-refractivity contribution in [3.8, 4) is 22.8 Å². The molecule has 0 bridgehead atoms. The first-order valence-corrected chi connectivity index (χ1v) is 11.8. The van der Waals surface area contributed by atoms with E-state index < -0.39 is 0 Å². The first kappa shape index (κ1) is 24.0. The van der Waals surface area contributed by atoms with E-state index in [1.807, 2.05) is 49.6 Å². The van der Waals surface area contributed by atoms with Crippen LogP contribution < -0.4 is 14.4 Å². The number of aromatic nitrogens is 4. The van der Waals surface area contributed by atoms with Gasteiger partial charge in [0, 0.05) is 74.6 Å². The summed E-state index contributed by atoms with van der Waals surface area (Å²) in [5.74, 6) is 1.39. The molecule has 2 aromatic heterocycles. The second-order valence-electron chi connectivity index (χ2n) is 8.85. The molecule has 0 saturated carbocycles. The van der Waals surface area contributed by atoms with Crippen molar-refractivity contribution in [3.05, 3.63) is 55.0 Å². The van der Waals surface area contributed by atoms with Crippen LogP contribution in [0.5, 0.6) is 11.5 Å². The third-order valence-corrected chi connectivity index (χ3v) is 6.48. The molecule has 2 aromatic carbocycles. The molecule has 1 unspecified atom stereocenters. The van der Waals surface area contributed by atoms with E-state index in [0.717, 1.165) is 46.8 Å². The van der Waals surface area contributed by atoms with Gasteiger partial charge in [-0.25, -0.2) is 4.98 Å². The van der Waals surface area contributed by atoms with Crippen LogP contribution >= 0.6 is 0 Å². The van der Waals surface area contributed by atoms with E-state index >= 15 is 0 Å². The van der Waals surface area contributed by atoms with Crippen molar-refractivity contribution in [1.29, 1.82) is 0 Å². The Morgan fingerprint density at radius 2 is 1.83 bits per heavy atom. The fourth-order valence-corrected chi connectivity index (χ4v) is 4.53. The van der Waals surface area contributed by atoms with Crippen LogP contribution in [0.1, 0.15) is 6.42 Å². The summed E-state index contributed by atoms with van der Waals surface area (Å²) in [6.45, 7) is 2.76. The number of rotatable bonds is 9. The Kier molecular flexibility index (Phi) is 6.97. The van der Waals surface area contributed by atoms with E-state index in [1.165, 1.54) is 0 Å². The van der Waals surface area contributed by atoms with Crippen molar-refractivity contribution in [1.82, 2.24) is 24.6 Å². The molecule has 0 spiro atoms. The summed E-state index contributed by atoms with van der Waals surface area (Å²) in [4.78, 5) is 17.9. The normalized spacial score (nSPS) is 15.9. The molecule has 1 aliphatic heterocycles. The van der Waals surface area contributed by atoms with Gasteiger partial charge in [0.25, 0.3) is 0 Å². The van der Waals surface area contributed by atoms with E-state index in [-0.39, 0.29) is 6.10 Å². The average molecular weight is 493 g/mol. The predicted molar refractivity (Wildman–Crippen MR) is 135 cm³/mol. The molecule has 5 rings (SSSR count). The fourth-order valence-electron chi connectivity index (χ4n) is 4.53. The fraction of sp³-hybridized carbons (Fsp3) is 0.346. The number of ether oxygens (including phenoxy) is 2. The Hall–Kier alpha value is -3.76. The lowest BCUT2D eigenvalue weighted by molar-refractivity contribution is -0.173. The minimum Gasteiger partial charge on any atom is -0.497 e. The Labute approximate surface area is 208 Å². The summed E-state index contributed by atoms with van der Waals surface area (Å²) in [7, 11) is 5.14. The zero-order chi connectivity index (χ0) is 25.1. The molecular formula is C26H29FN6O3. The van der Waals surface area contributed by atoms with Gasteiger partial charge in [-0.1, -0.05) is 0 Å². The number of aryl methyl sites for hydroxylation is 1. The number of methoxy groups -OCH3 is 2. The van der Waals surface area contributed by atoms with E-state index in [9.17, 15) is 4.53 Å². The highest BCUT2D eigenvalue weighted by Crippen LogP contribution is 2.34. The lowest BCUT2D eigenvalue weighted by Crippen LogP contribution is -2.32. The molecule has 4 aromatic rings. The van der Waals surface area contributed by atoms with Gasteiger partial charge in [0.15, 0.2) is 0 Å². The molecule has 0 aliphatic carbocycles. The molecule has 0 N–H and O–H groups in total. The molecule has 1 atom stereocenters. The van der Waals surface area contributed by atoms with E-state index in [4.69, 9.17) is 14.5 Å². The maximum Gasteiger partial charge on any atom is 0.124 e. The second kappa shape index (κ2) is 10.5. The Morgan fingerprint density at radius 1 is 1.03 bits per heavy atom. The highest BCUT2D eigenvalue weighted by molar-refractivity contribution is 5.82. The molecule has 3 heterocycles. The van der Waals surface area contributed by atoms with Gasteiger partial charge in [-0.2, -0.15) is 10.0 Å². The van der Waals surface area contributed by atoms with Crippen LogP contribution in [0, 0.1) is 0 Å². The number of anilines is 2. The van der Waals surface area contributed by atoms with Crippen molar-refractivity contribution in [2.75, 3.05) is 45.3 Å². The van der Waals surface area contributed by atoms with Crippen LogP contribution in [0.3, 0.4) is 0 Å². The van der Waals surface area contributed by atoms with Gasteiger partial charge in [0.1, 0.15) is 17.6 Å². The maximum atomic E-state index is 12.7. The standard InChI is InChI=1S/C26H29FN6O3/c1-31-16-18(14-29-31)26-15-28-24-5-4-19(12-25(24)30-26)33(9-8-32-7-6-21(17-32)36-27)20-10-22(34-2)13-23(11-20)35-3/h4-5,10-16,21H,6-9,17H2,1-3H3. The quantitative estimate of drug-likeness (QED) is 0.345. The SMILES string of the molecule is COc1cc(OC)cc(N(CCN2CCC(OF)C2)c2ccc3ncc(-c4cnn(C)c4)nc3c2)c1. The number of halogens is 1. The maximum absolute atomic E-state index is 12.7. The summed E-state index contributed by atoms with van der Waals surface area (Å²) in [5, 5.41) is 4.24. The molecular weight excluding hydrogens is 463 g/mol. The van der Waals surface area contributed by atoms with Crippen LogP contribution in [0.4, 0.5) is 15.9 Å². The molecule has 1 saturated heterocycles. The zero-order valence-electron chi connectivity index (χ0n) is 20.6.